The monoisotopic (exact) mass is 244 g/mol. The smallest absolute Gasteiger partial charge is 0.150 e. The van der Waals surface area contributed by atoms with Gasteiger partial charge < -0.3 is 11.1 Å². The number of hydrogen-bond donors (Lipinski definition) is 2. The van der Waals surface area contributed by atoms with Crippen LogP contribution in [0.4, 0.5) is 14.5 Å². The molecular formula is C11H14F2N2S. The second-order valence-electron chi connectivity index (χ2n) is 4.55. The molecule has 2 nitrogen and oxygen atoms in total. The number of rotatable bonds is 2. The molecule has 0 radical (unpaired) electrons. The van der Waals surface area contributed by atoms with E-state index in [1.165, 1.54) is 0 Å². The van der Waals surface area contributed by atoms with Crippen molar-refractivity contribution in [2.24, 2.45) is 5.73 Å². The number of thiocarbonyl (C=S) groups is 1. The molecule has 0 aliphatic heterocycles. The molecule has 0 spiro atoms. The highest BCUT2D eigenvalue weighted by molar-refractivity contribution is 7.80. The Bertz CT molecular complexity index is 401. The molecule has 0 unspecified atom stereocenters. The van der Waals surface area contributed by atoms with Gasteiger partial charge in [0.1, 0.15) is 22.3 Å². The molecular weight excluding hydrogens is 230 g/mol. The van der Waals surface area contributed by atoms with Gasteiger partial charge in [-0.1, -0.05) is 12.2 Å². The molecule has 0 fully saturated rings. The van der Waals surface area contributed by atoms with Crippen LogP contribution < -0.4 is 11.1 Å². The number of nitrogens with one attached hydrogen (secondary N) is 1. The van der Waals surface area contributed by atoms with Crippen molar-refractivity contribution in [2.45, 2.75) is 26.3 Å². The third-order valence-corrected chi connectivity index (χ3v) is 2.06. The summed E-state index contributed by atoms with van der Waals surface area (Å²) in [7, 11) is 0. The van der Waals surface area contributed by atoms with E-state index < -0.39 is 17.2 Å². The van der Waals surface area contributed by atoms with Crippen LogP contribution in [0.25, 0.3) is 0 Å². The molecule has 0 amide bonds. The Morgan fingerprint density at radius 3 is 2.00 bits per heavy atom. The summed E-state index contributed by atoms with van der Waals surface area (Å²) in [5, 5.41) is 2.75. The molecule has 88 valence electrons. The van der Waals surface area contributed by atoms with Crippen LogP contribution in [0.2, 0.25) is 0 Å². The second-order valence-corrected chi connectivity index (χ2v) is 4.99. The highest BCUT2D eigenvalue weighted by atomic mass is 32.1. The lowest BCUT2D eigenvalue weighted by atomic mass is 10.1. The molecule has 0 saturated carbocycles. The minimum atomic E-state index is -0.697. The fourth-order valence-corrected chi connectivity index (χ4v) is 1.33. The molecule has 1 aromatic rings. The molecule has 0 bridgehead atoms. The van der Waals surface area contributed by atoms with Gasteiger partial charge in [0, 0.05) is 11.1 Å². The van der Waals surface area contributed by atoms with Crippen LogP contribution in [0.3, 0.4) is 0 Å². The minimum absolute atomic E-state index is 0.0277. The lowest BCUT2D eigenvalue weighted by Crippen LogP contribution is -2.27. The Morgan fingerprint density at radius 1 is 1.25 bits per heavy atom. The summed E-state index contributed by atoms with van der Waals surface area (Å²) in [5.41, 5.74) is 4.91. The molecule has 1 aromatic carbocycles. The summed E-state index contributed by atoms with van der Waals surface area (Å²) in [6.45, 7) is 5.44. The van der Waals surface area contributed by atoms with Crippen molar-refractivity contribution in [3.8, 4) is 0 Å². The lowest BCUT2D eigenvalue weighted by Gasteiger charge is -2.23. The summed E-state index contributed by atoms with van der Waals surface area (Å²) < 4.78 is 27.2. The molecule has 16 heavy (non-hydrogen) atoms. The predicted molar refractivity (Wildman–Crippen MR) is 65.6 cm³/mol. The predicted octanol–water partition coefficient (Wildman–Crippen LogP) is 2.81. The van der Waals surface area contributed by atoms with Crippen molar-refractivity contribution >= 4 is 22.9 Å². The number of halogens is 2. The van der Waals surface area contributed by atoms with Gasteiger partial charge >= 0.3 is 0 Å². The molecule has 1 rings (SSSR count). The number of hydrogen-bond acceptors (Lipinski definition) is 2. The lowest BCUT2D eigenvalue weighted by molar-refractivity contribution is 0.562. The second kappa shape index (κ2) is 4.33. The van der Waals surface area contributed by atoms with E-state index in [4.69, 9.17) is 5.73 Å². The Balaban J connectivity index is 3.18. The van der Waals surface area contributed by atoms with Gasteiger partial charge in [0.05, 0.1) is 0 Å². The summed E-state index contributed by atoms with van der Waals surface area (Å²) in [5.74, 6) is -1.39. The fourth-order valence-electron chi connectivity index (χ4n) is 1.21. The standard InChI is InChI=1S/C11H14F2N2S/c1-11(2,3)15-9-7(12)4-6(10(14)16)5-8(9)13/h4-5,15H,1-3H3,(H2,14,16). The summed E-state index contributed by atoms with van der Waals surface area (Å²) in [6, 6.07) is 2.25. The third kappa shape index (κ3) is 3.13. The molecule has 0 aliphatic carbocycles. The van der Waals surface area contributed by atoms with Crippen molar-refractivity contribution in [1.29, 1.82) is 0 Å². The van der Waals surface area contributed by atoms with E-state index in [9.17, 15) is 8.78 Å². The number of nitrogens with two attached hydrogens (primary N) is 1. The van der Waals surface area contributed by atoms with E-state index >= 15 is 0 Å². The Labute approximate surface area is 98.8 Å². The number of benzene rings is 1. The quantitative estimate of drug-likeness (QED) is 0.786. The maximum absolute atomic E-state index is 13.6. The summed E-state index contributed by atoms with van der Waals surface area (Å²) in [4.78, 5) is -0.0277. The van der Waals surface area contributed by atoms with E-state index in [0.717, 1.165) is 12.1 Å². The first-order chi connectivity index (χ1) is 7.20. The van der Waals surface area contributed by atoms with E-state index in [1.807, 2.05) is 20.8 Å². The van der Waals surface area contributed by atoms with Crippen LogP contribution in [0, 0.1) is 11.6 Å². The van der Waals surface area contributed by atoms with Gasteiger partial charge in [-0.2, -0.15) is 0 Å². The van der Waals surface area contributed by atoms with Crippen molar-refractivity contribution < 1.29 is 8.78 Å². The van der Waals surface area contributed by atoms with Gasteiger partial charge in [0.25, 0.3) is 0 Å². The third-order valence-electron chi connectivity index (χ3n) is 1.83. The molecule has 0 saturated heterocycles. The zero-order chi connectivity index (χ0) is 12.5. The van der Waals surface area contributed by atoms with Gasteiger partial charge in [0.2, 0.25) is 0 Å². The first-order valence-corrected chi connectivity index (χ1v) is 5.18. The molecule has 5 heteroatoms. The molecule has 0 aromatic heterocycles. The van der Waals surface area contributed by atoms with E-state index in [-0.39, 0.29) is 16.2 Å². The largest absolute Gasteiger partial charge is 0.389 e. The minimum Gasteiger partial charge on any atom is -0.389 e. The summed E-state index contributed by atoms with van der Waals surface area (Å²) >= 11 is 4.66. The molecule has 0 heterocycles. The van der Waals surface area contributed by atoms with Gasteiger partial charge in [-0.3, -0.25) is 0 Å². The van der Waals surface area contributed by atoms with Crippen molar-refractivity contribution in [3.05, 3.63) is 29.3 Å². The van der Waals surface area contributed by atoms with Crippen LogP contribution in [-0.2, 0) is 0 Å². The topological polar surface area (TPSA) is 38.0 Å². The van der Waals surface area contributed by atoms with Crippen molar-refractivity contribution in [3.63, 3.8) is 0 Å². The van der Waals surface area contributed by atoms with Crippen LogP contribution in [-0.4, -0.2) is 10.5 Å². The summed E-state index contributed by atoms with van der Waals surface area (Å²) in [6.07, 6.45) is 0. The van der Waals surface area contributed by atoms with E-state index in [0.29, 0.717) is 0 Å². The fraction of sp³-hybridized carbons (Fsp3) is 0.364. The van der Waals surface area contributed by atoms with Crippen LogP contribution in [0.1, 0.15) is 26.3 Å². The molecule has 0 aliphatic rings. The van der Waals surface area contributed by atoms with Crippen molar-refractivity contribution in [2.75, 3.05) is 5.32 Å². The SMILES string of the molecule is CC(C)(C)Nc1c(F)cc(C(N)=S)cc1F. The van der Waals surface area contributed by atoms with Gasteiger partial charge in [-0.05, 0) is 32.9 Å². The first-order valence-electron chi connectivity index (χ1n) is 4.78. The molecule has 3 N–H and O–H groups in total. The highest BCUT2D eigenvalue weighted by Gasteiger charge is 2.17. The zero-order valence-corrected chi connectivity index (χ0v) is 10.2. The van der Waals surface area contributed by atoms with Gasteiger partial charge in [0.15, 0.2) is 0 Å². The first kappa shape index (κ1) is 12.8. The Kier molecular flexibility index (Phi) is 3.48. The zero-order valence-electron chi connectivity index (χ0n) is 9.40. The van der Waals surface area contributed by atoms with Crippen LogP contribution in [0.15, 0.2) is 12.1 Å². The van der Waals surface area contributed by atoms with E-state index in [1.54, 1.807) is 0 Å². The average molecular weight is 244 g/mol. The van der Waals surface area contributed by atoms with Crippen molar-refractivity contribution in [1.82, 2.24) is 0 Å². The normalized spacial score (nSPS) is 11.3. The average Bonchev–Trinajstić information content (AvgIpc) is 2.09. The van der Waals surface area contributed by atoms with E-state index in [2.05, 4.69) is 17.5 Å². The molecule has 0 atom stereocenters. The Morgan fingerprint density at radius 2 is 1.69 bits per heavy atom. The maximum Gasteiger partial charge on any atom is 0.150 e. The number of anilines is 1. The highest BCUT2D eigenvalue weighted by Crippen LogP contribution is 2.24. The van der Waals surface area contributed by atoms with Gasteiger partial charge in [-0.15, -0.1) is 0 Å². The van der Waals surface area contributed by atoms with Crippen LogP contribution >= 0.6 is 12.2 Å². The van der Waals surface area contributed by atoms with Gasteiger partial charge in [-0.25, -0.2) is 8.78 Å². The maximum atomic E-state index is 13.6. The Hall–Kier alpha value is -1.23. The van der Waals surface area contributed by atoms with Crippen LogP contribution in [0.5, 0.6) is 0 Å².